The SMILES string of the molecule is CCOC(=O)[C@@H]1CCCN(C(=O)c2cn(Cc3ccccc3C(F)(F)F)nn2)C1. The maximum Gasteiger partial charge on any atom is 0.416 e. The van der Waals surface area contributed by atoms with Crippen LogP contribution in [0.3, 0.4) is 0 Å². The van der Waals surface area contributed by atoms with E-state index in [1.165, 1.54) is 34.0 Å². The Morgan fingerprint density at radius 2 is 2.03 bits per heavy atom. The third kappa shape index (κ3) is 4.93. The van der Waals surface area contributed by atoms with Crippen molar-refractivity contribution in [1.29, 1.82) is 0 Å². The highest BCUT2D eigenvalue weighted by Gasteiger charge is 2.33. The molecule has 0 unspecified atom stereocenters. The Hall–Kier alpha value is -2.91. The topological polar surface area (TPSA) is 77.3 Å². The van der Waals surface area contributed by atoms with Crippen molar-refractivity contribution in [2.45, 2.75) is 32.5 Å². The third-order valence-corrected chi connectivity index (χ3v) is 4.74. The molecule has 0 N–H and O–H groups in total. The molecule has 0 spiro atoms. The van der Waals surface area contributed by atoms with Crippen molar-refractivity contribution in [3.8, 4) is 0 Å². The van der Waals surface area contributed by atoms with Crippen LogP contribution in [-0.4, -0.2) is 51.5 Å². The van der Waals surface area contributed by atoms with Crippen molar-refractivity contribution in [2.24, 2.45) is 5.92 Å². The number of piperidine rings is 1. The van der Waals surface area contributed by atoms with E-state index in [1.807, 2.05) is 0 Å². The molecule has 2 heterocycles. The van der Waals surface area contributed by atoms with Crippen LogP contribution in [-0.2, 0) is 22.3 Å². The van der Waals surface area contributed by atoms with E-state index in [0.29, 0.717) is 19.4 Å². The van der Waals surface area contributed by atoms with Gasteiger partial charge in [-0.25, -0.2) is 4.68 Å². The number of carbonyl (C=O) groups is 2. The molecule has 0 bridgehead atoms. The smallest absolute Gasteiger partial charge is 0.416 e. The van der Waals surface area contributed by atoms with Crippen LogP contribution in [0.2, 0.25) is 0 Å². The van der Waals surface area contributed by atoms with Gasteiger partial charge in [0, 0.05) is 13.1 Å². The Balaban J connectivity index is 1.70. The van der Waals surface area contributed by atoms with Crippen molar-refractivity contribution >= 4 is 11.9 Å². The summed E-state index contributed by atoms with van der Waals surface area (Å²) < 4.78 is 45.6. The molecule has 156 valence electrons. The zero-order valence-corrected chi connectivity index (χ0v) is 15.9. The molecule has 2 aromatic rings. The number of hydrogen-bond acceptors (Lipinski definition) is 5. The third-order valence-electron chi connectivity index (χ3n) is 4.74. The minimum absolute atomic E-state index is 0.0269. The first-order chi connectivity index (χ1) is 13.8. The number of nitrogens with zero attached hydrogens (tertiary/aromatic N) is 4. The molecule has 1 saturated heterocycles. The number of aromatic nitrogens is 3. The van der Waals surface area contributed by atoms with Gasteiger partial charge in [-0.3, -0.25) is 9.59 Å². The summed E-state index contributed by atoms with van der Waals surface area (Å²) in [6.07, 6.45) is -1.86. The van der Waals surface area contributed by atoms with Gasteiger partial charge in [0.1, 0.15) is 0 Å². The maximum atomic E-state index is 13.1. The first-order valence-corrected chi connectivity index (χ1v) is 9.30. The number of rotatable bonds is 5. The van der Waals surface area contributed by atoms with Gasteiger partial charge in [0.25, 0.3) is 5.91 Å². The van der Waals surface area contributed by atoms with E-state index >= 15 is 0 Å². The highest BCUT2D eigenvalue weighted by molar-refractivity contribution is 5.92. The first-order valence-electron chi connectivity index (χ1n) is 9.30. The van der Waals surface area contributed by atoms with Crippen molar-refractivity contribution in [3.63, 3.8) is 0 Å². The van der Waals surface area contributed by atoms with Crippen LogP contribution in [0.25, 0.3) is 0 Å². The summed E-state index contributed by atoms with van der Waals surface area (Å²) in [7, 11) is 0. The lowest BCUT2D eigenvalue weighted by molar-refractivity contribution is -0.149. The zero-order chi connectivity index (χ0) is 21.0. The van der Waals surface area contributed by atoms with Gasteiger partial charge in [0.2, 0.25) is 0 Å². The van der Waals surface area contributed by atoms with Crippen LogP contribution in [0, 0.1) is 5.92 Å². The molecule has 7 nitrogen and oxygen atoms in total. The lowest BCUT2D eigenvalue weighted by Crippen LogP contribution is -2.43. The number of likely N-dealkylation sites (tertiary alicyclic amines) is 1. The Morgan fingerprint density at radius 1 is 1.28 bits per heavy atom. The maximum absolute atomic E-state index is 13.1. The molecule has 0 saturated carbocycles. The summed E-state index contributed by atoms with van der Waals surface area (Å²) in [6, 6.07) is 5.19. The highest BCUT2D eigenvalue weighted by Crippen LogP contribution is 2.32. The molecule has 3 rings (SSSR count). The van der Waals surface area contributed by atoms with Gasteiger partial charge in [-0.1, -0.05) is 23.4 Å². The van der Waals surface area contributed by atoms with Crippen LogP contribution < -0.4 is 0 Å². The summed E-state index contributed by atoms with van der Waals surface area (Å²) in [5.41, 5.74) is -0.695. The second-order valence-corrected chi connectivity index (χ2v) is 6.80. The predicted molar refractivity (Wildman–Crippen MR) is 95.8 cm³/mol. The summed E-state index contributed by atoms with van der Waals surface area (Å²) in [5, 5.41) is 7.60. The van der Waals surface area contributed by atoms with E-state index in [1.54, 1.807) is 6.92 Å². The van der Waals surface area contributed by atoms with Gasteiger partial charge in [-0.2, -0.15) is 13.2 Å². The van der Waals surface area contributed by atoms with Gasteiger partial charge in [-0.05, 0) is 31.4 Å². The molecule has 1 aliphatic heterocycles. The number of amides is 1. The Morgan fingerprint density at radius 3 is 2.76 bits per heavy atom. The molecule has 1 fully saturated rings. The van der Waals surface area contributed by atoms with E-state index in [0.717, 1.165) is 6.07 Å². The Bertz CT molecular complexity index is 882. The van der Waals surface area contributed by atoms with Gasteiger partial charge < -0.3 is 9.64 Å². The molecule has 0 aliphatic carbocycles. The van der Waals surface area contributed by atoms with Crippen molar-refractivity contribution in [1.82, 2.24) is 19.9 Å². The number of halogens is 3. The van der Waals surface area contributed by atoms with E-state index in [9.17, 15) is 22.8 Å². The fourth-order valence-corrected chi connectivity index (χ4v) is 3.36. The van der Waals surface area contributed by atoms with E-state index in [2.05, 4.69) is 10.3 Å². The molecular formula is C19H21F3N4O3. The predicted octanol–water partition coefficient (Wildman–Crippen LogP) is 2.76. The summed E-state index contributed by atoms with van der Waals surface area (Å²) in [6.45, 7) is 2.53. The number of hydrogen-bond donors (Lipinski definition) is 0. The molecule has 1 aromatic carbocycles. The van der Waals surface area contributed by atoms with Crippen molar-refractivity contribution < 1.29 is 27.5 Å². The van der Waals surface area contributed by atoms with Crippen molar-refractivity contribution in [2.75, 3.05) is 19.7 Å². The number of ether oxygens (including phenoxy) is 1. The van der Waals surface area contributed by atoms with E-state index in [-0.39, 0.29) is 42.8 Å². The largest absolute Gasteiger partial charge is 0.466 e. The summed E-state index contributed by atoms with van der Waals surface area (Å²) >= 11 is 0. The lowest BCUT2D eigenvalue weighted by Gasteiger charge is -2.30. The number of esters is 1. The lowest BCUT2D eigenvalue weighted by atomic mass is 9.98. The van der Waals surface area contributed by atoms with Crippen LogP contribution in [0.1, 0.15) is 41.4 Å². The number of carbonyl (C=O) groups excluding carboxylic acids is 2. The molecule has 1 atom stereocenters. The molecule has 1 aliphatic rings. The molecule has 29 heavy (non-hydrogen) atoms. The standard InChI is InChI=1S/C19H21F3N4O3/c1-2-29-18(28)14-7-5-9-25(10-14)17(27)16-12-26(24-23-16)11-13-6-3-4-8-15(13)19(20,21)22/h3-4,6,8,12,14H,2,5,7,9-11H2,1H3/t14-/m1/s1. The quantitative estimate of drug-likeness (QED) is 0.709. The first kappa shape index (κ1) is 20.8. The number of alkyl halides is 3. The van der Waals surface area contributed by atoms with Gasteiger partial charge >= 0.3 is 12.1 Å². The van der Waals surface area contributed by atoms with Crippen LogP contribution in [0.5, 0.6) is 0 Å². The average molecular weight is 410 g/mol. The molecule has 10 heteroatoms. The number of benzene rings is 1. The van der Waals surface area contributed by atoms with Crippen LogP contribution in [0.4, 0.5) is 13.2 Å². The zero-order valence-electron chi connectivity index (χ0n) is 15.9. The highest BCUT2D eigenvalue weighted by atomic mass is 19.4. The van der Waals surface area contributed by atoms with Crippen molar-refractivity contribution in [3.05, 3.63) is 47.3 Å². The Labute approximate surface area is 165 Å². The normalized spacial score (nSPS) is 17.2. The summed E-state index contributed by atoms with van der Waals surface area (Å²) in [4.78, 5) is 26.1. The van der Waals surface area contributed by atoms with E-state index in [4.69, 9.17) is 4.74 Å². The van der Waals surface area contributed by atoms with E-state index < -0.39 is 17.6 Å². The molecule has 1 amide bonds. The van der Waals surface area contributed by atoms with Gasteiger partial charge in [0.15, 0.2) is 5.69 Å². The monoisotopic (exact) mass is 410 g/mol. The second kappa shape index (κ2) is 8.62. The Kier molecular flexibility index (Phi) is 6.19. The molecule has 0 radical (unpaired) electrons. The van der Waals surface area contributed by atoms with Crippen LogP contribution in [0.15, 0.2) is 30.5 Å². The van der Waals surface area contributed by atoms with Gasteiger partial charge in [0.05, 0.1) is 30.8 Å². The van der Waals surface area contributed by atoms with Crippen LogP contribution >= 0.6 is 0 Å². The average Bonchev–Trinajstić information content (AvgIpc) is 3.16. The minimum atomic E-state index is -4.48. The fraction of sp³-hybridized carbons (Fsp3) is 0.474. The second-order valence-electron chi connectivity index (χ2n) is 6.80. The van der Waals surface area contributed by atoms with Gasteiger partial charge in [-0.15, -0.1) is 5.10 Å². The molecular weight excluding hydrogens is 389 g/mol. The fourth-order valence-electron chi connectivity index (χ4n) is 3.36. The minimum Gasteiger partial charge on any atom is -0.466 e. The summed E-state index contributed by atoms with van der Waals surface area (Å²) in [5.74, 6) is -1.13. The molecule has 1 aromatic heterocycles.